The molecule has 0 saturated carbocycles. The van der Waals surface area contributed by atoms with Crippen LogP contribution in [0.1, 0.15) is 28.5 Å². The van der Waals surface area contributed by atoms with Crippen LogP contribution < -0.4 is 10.6 Å². The first-order valence-electron chi connectivity index (χ1n) is 4.88. The average molecular weight is 255 g/mol. The fraction of sp³-hybridized carbons (Fsp3) is 0.300. The number of carbonyl (C=O) groups is 2. The molecule has 1 atom stereocenters. The molecule has 92 valence electrons. The Hall–Kier alpha value is -1.89. The van der Waals surface area contributed by atoms with Gasteiger partial charge in [-0.05, 0) is 6.92 Å². The number of hydrogen-bond donors (Lipinski definition) is 3. The summed E-state index contributed by atoms with van der Waals surface area (Å²) in [6.07, 6.45) is 1.57. The van der Waals surface area contributed by atoms with E-state index in [9.17, 15) is 9.59 Å². The Morgan fingerprint density at radius 2 is 2.41 bits per heavy atom. The lowest BCUT2D eigenvalue weighted by molar-refractivity contribution is 0.0691. The maximum Gasteiger partial charge on any atom is 0.355 e. The maximum atomic E-state index is 11.3. The Bertz CT molecular complexity index is 430. The molecule has 1 unspecified atom stereocenters. The molecule has 0 aromatic carbocycles. The van der Waals surface area contributed by atoms with Crippen molar-refractivity contribution >= 4 is 23.3 Å². The predicted octanol–water partition coefficient (Wildman–Crippen LogP) is 1.39. The number of aromatic carboxylic acids is 1. The molecule has 7 heteroatoms. The number of nitrogens with zero attached hydrogens (tertiary/aromatic N) is 1. The third-order valence-corrected chi connectivity index (χ3v) is 2.89. The first-order valence-corrected chi connectivity index (χ1v) is 5.76. The van der Waals surface area contributed by atoms with Gasteiger partial charge in [-0.2, -0.15) is 0 Å². The number of amides is 2. The summed E-state index contributed by atoms with van der Waals surface area (Å²) in [6, 6.07) is -0.678. The van der Waals surface area contributed by atoms with E-state index in [-0.39, 0.29) is 17.8 Å². The molecule has 1 rings (SSSR count). The minimum atomic E-state index is -1.07. The minimum Gasteiger partial charge on any atom is -0.476 e. The molecule has 0 saturated heterocycles. The highest BCUT2D eigenvalue weighted by atomic mass is 32.1. The molecule has 2 amide bonds. The molecule has 1 heterocycles. The van der Waals surface area contributed by atoms with Crippen molar-refractivity contribution in [1.82, 2.24) is 15.6 Å². The third kappa shape index (κ3) is 3.87. The van der Waals surface area contributed by atoms with Crippen LogP contribution in [0.4, 0.5) is 4.79 Å². The van der Waals surface area contributed by atoms with E-state index >= 15 is 0 Å². The van der Waals surface area contributed by atoms with Crippen molar-refractivity contribution in [3.05, 3.63) is 28.7 Å². The van der Waals surface area contributed by atoms with E-state index in [0.29, 0.717) is 11.6 Å². The number of thiazole rings is 1. The predicted molar refractivity (Wildman–Crippen MR) is 64.2 cm³/mol. The minimum absolute atomic E-state index is 0.00912. The molecule has 0 aliphatic rings. The molecule has 1 aromatic rings. The molecule has 6 nitrogen and oxygen atoms in total. The topological polar surface area (TPSA) is 91.3 Å². The van der Waals surface area contributed by atoms with Crippen LogP contribution in [0.3, 0.4) is 0 Å². The standard InChI is InChI=1S/C10H13N3O3S/c1-3-4-11-10(16)12-6(2)8-13-7(5-17-8)9(14)15/h3,5-6H,1,4H2,2H3,(H,14,15)(H2,11,12,16). The molecule has 3 N–H and O–H groups in total. The summed E-state index contributed by atoms with van der Waals surface area (Å²) in [7, 11) is 0. The van der Waals surface area contributed by atoms with E-state index in [1.807, 2.05) is 0 Å². The van der Waals surface area contributed by atoms with Crippen LogP contribution in [0.15, 0.2) is 18.0 Å². The Morgan fingerprint density at radius 3 is 2.94 bits per heavy atom. The number of carboxylic acids is 1. The van der Waals surface area contributed by atoms with Gasteiger partial charge in [-0.25, -0.2) is 14.6 Å². The summed E-state index contributed by atoms with van der Waals surface area (Å²) in [5.41, 5.74) is -0.00912. The van der Waals surface area contributed by atoms with Crippen molar-refractivity contribution < 1.29 is 14.7 Å². The summed E-state index contributed by atoms with van der Waals surface area (Å²) < 4.78 is 0. The Labute approximate surface area is 102 Å². The summed E-state index contributed by atoms with van der Waals surface area (Å²) in [6.45, 7) is 5.58. The number of aromatic nitrogens is 1. The van der Waals surface area contributed by atoms with Crippen molar-refractivity contribution in [1.29, 1.82) is 0 Å². The van der Waals surface area contributed by atoms with Crippen LogP contribution in [0.5, 0.6) is 0 Å². The van der Waals surface area contributed by atoms with Gasteiger partial charge in [0, 0.05) is 11.9 Å². The second-order valence-corrected chi connectivity index (χ2v) is 4.13. The highest BCUT2D eigenvalue weighted by Gasteiger charge is 2.15. The Kier molecular flexibility index (Phi) is 4.65. The van der Waals surface area contributed by atoms with Crippen LogP contribution in [-0.2, 0) is 0 Å². The van der Waals surface area contributed by atoms with Crippen LogP contribution in [0, 0.1) is 0 Å². The lowest BCUT2D eigenvalue weighted by Gasteiger charge is -2.11. The largest absolute Gasteiger partial charge is 0.476 e. The SMILES string of the molecule is C=CCNC(=O)NC(C)c1nc(C(=O)O)cs1. The van der Waals surface area contributed by atoms with Crippen molar-refractivity contribution in [2.24, 2.45) is 0 Å². The number of nitrogens with one attached hydrogen (secondary N) is 2. The molecular formula is C10H13N3O3S. The summed E-state index contributed by atoms with van der Waals surface area (Å²) in [4.78, 5) is 25.9. The van der Waals surface area contributed by atoms with Gasteiger partial charge in [0.2, 0.25) is 0 Å². The number of rotatable bonds is 5. The van der Waals surface area contributed by atoms with E-state index in [0.717, 1.165) is 0 Å². The van der Waals surface area contributed by atoms with Crippen LogP contribution in [-0.4, -0.2) is 28.6 Å². The van der Waals surface area contributed by atoms with Crippen LogP contribution in [0.2, 0.25) is 0 Å². The smallest absolute Gasteiger partial charge is 0.355 e. The van der Waals surface area contributed by atoms with E-state index in [4.69, 9.17) is 5.11 Å². The fourth-order valence-corrected chi connectivity index (χ4v) is 1.86. The fourth-order valence-electron chi connectivity index (χ4n) is 1.06. The number of carbonyl (C=O) groups excluding carboxylic acids is 1. The van der Waals surface area contributed by atoms with Gasteiger partial charge in [-0.15, -0.1) is 17.9 Å². The zero-order valence-electron chi connectivity index (χ0n) is 9.27. The quantitative estimate of drug-likeness (QED) is 0.693. The van der Waals surface area contributed by atoms with Gasteiger partial charge in [0.1, 0.15) is 5.01 Å². The van der Waals surface area contributed by atoms with E-state index in [1.54, 1.807) is 13.0 Å². The van der Waals surface area contributed by atoms with Crippen molar-refractivity contribution in [3.8, 4) is 0 Å². The maximum absolute atomic E-state index is 11.3. The number of urea groups is 1. The van der Waals surface area contributed by atoms with Crippen molar-refractivity contribution in [2.45, 2.75) is 13.0 Å². The first kappa shape index (κ1) is 13.2. The highest BCUT2D eigenvalue weighted by Crippen LogP contribution is 2.17. The average Bonchev–Trinajstić information content (AvgIpc) is 2.75. The normalized spacial score (nSPS) is 11.6. The third-order valence-electron chi connectivity index (χ3n) is 1.87. The summed E-state index contributed by atoms with van der Waals surface area (Å²) in [5, 5.41) is 15.9. The van der Waals surface area contributed by atoms with Gasteiger partial charge in [0.05, 0.1) is 6.04 Å². The molecule has 0 aliphatic heterocycles. The molecular weight excluding hydrogens is 242 g/mol. The van der Waals surface area contributed by atoms with Crippen molar-refractivity contribution in [2.75, 3.05) is 6.54 Å². The summed E-state index contributed by atoms with van der Waals surface area (Å²) >= 11 is 1.20. The first-order chi connectivity index (χ1) is 8.04. The molecule has 17 heavy (non-hydrogen) atoms. The van der Waals surface area contributed by atoms with Crippen LogP contribution in [0.25, 0.3) is 0 Å². The molecule has 0 fully saturated rings. The second-order valence-electron chi connectivity index (χ2n) is 3.24. The number of carboxylic acid groups (broad SMARTS) is 1. The number of hydrogen-bond acceptors (Lipinski definition) is 4. The molecule has 0 radical (unpaired) electrons. The molecule has 0 spiro atoms. The Morgan fingerprint density at radius 1 is 1.71 bits per heavy atom. The highest BCUT2D eigenvalue weighted by molar-refractivity contribution is 7.09. The van der Waals surface area contributed by atoms with E-state index in [2.05, 4.69) is 22.2 Å². The lowest BCUT2D eigenvalue weighted by Crippen LogP contribution is -2.37. The monoisotopic (exact) mass is 255 g/mol. The second kappa shape index (κ2) is 6.00. The van der Waals surface area contributed by atoms with Gasteiger partial charge in [-0.3, -0.25) is 0 Å². The van der Waals surface area contributed by atoms with E-state index in [1.165, 1.54) is 16.7 Å². The zero-order chi connectivity index (χ0) is 12.8. The van der Waals surface area contributed by atoms with E-state index < -0.39 is 5.97 Å². The van der Waals surface area contributed by atoms with Gasteiger partial charge in [-0.1, -0.05) is 6.08 Å². The lowest BCUT2D eigenvalue weighted by atomic mass is 10.3. The van der Waals surface area contributed by atoms with Gasteiger partial charge < -0.3 is 15.7 Å². The van der Waals surface area contributed by atoms with Gasteiger partial charge in [0.15, 0.2) is 5.69 Å². The molecule has 1 aromatic heterocycles. The zero-order valence-corrected chi connectivity index (χ0v) is 10.1. The van der Waals surface area contributed by atoms with Crippen molar-refractivity contribution in [3.63, 3.8) is 0 Å². The molecule has 0 aliphatic carbocycles. The van der Waals surface area contributed by atoms with Gasteiger partial charge >= 0.3 is 12.0 Å². The van der Waals surface area contributed by atoms with Crippen LogP contribution >= 0.6 is 11.3 Å². The Balaban J connectivity index is 2.56. The van der Waals surface area contributed by atoms with Gasteiger partial charge in [0.25, 0.3) is 0 Å². The summed E-state index contributed by atoms with van der Waals surface area (Å²) in [5.74, 6) is -1.07. The molecule has 0 bridgehead atoms.